The molecule has 0 bridgehead atoms. The van der Waals surface area contributed by atoms with Crippen LogP contribution >= 0.6 is 0 Å². The normalized spacial score (nSPS) is 11.9. The van der Waals surface area contributed by atoms with Crippen molar-refractivity contribution in [1.29, 1.82) is 0 Å². The van der Waals surface area contributed by atoms with Crippen LogP contribution in [0.1, 0.15) is 18.9 Å². The van der Waals surface area contributed by atoms with Crippen molar-refractivity contribution in [3.8, 4) is 0 Å². The quantitative estimate of drug-likeness (QED) is 0.489. The molecular formula is C14H22N3O3+. The molecule has 1 atom stereocenters. The van der Waals surface area contributed by atoms with Crippen LogP contribution in [0.25, 0.3) is 0 Å². The molecule has 6 N–H and O–H groups in total. The van der Waals surface area contributed by atoms with E-state index >= 15 is 0 Å². The van der Waals surface area contributed by atoms with Crippen molar-refractivity contribution >= 4 is 17.6 Å². The van der Waals surface area contributed by atoms with Gasteiger partial charge < -0.3 is 26.3 Å². The van der Waals surface area contributed by atoms with Gasteiger partial charge in [-0.05, 0) is 24.1 Å². The summed E-state index contributed by atoms with van der Waals surface area (Å²) in [6.45, 7) is 3.21. The molecule has 0 fully saturated rings. The van der Waals surface area contributed by atoms with Gasteiger partial charge in [0.1, 0.15) is 19.1 Å². The smallest absolute Gasteiger partial charge is 0.230 e. The van der Waals surface area contributed by atoms with E-state index in [0.717, 1.165) is 6.42 Å². The number of aryl methyl sites for hydroxylation is 1. The number of amides is 1. The van der Waals surface area contributed by atoms with Crippen LogP contribution in [-0.2, 0) is 16.0 Å². The fourth-order valence-electron chi connectivity index (χ4n) is 1.82. The minimum absolute atomic E-state index is 0.113. The molecule has 1 rings (SSSR count). The van der Waals surface area contributed by atoms with Crippen molar-refractivity contribution < 1.29 is 25.7 Å². The molecule has 0 aliphatic heterocycles. The van der Waals surface area contributed by atoms with E-state index in [0.29, 0.717) is 18.8 Å². The fraction of sp³-hybridized carbons (Fsp3) is 0.429. The van der Waals surface area contributed by atoms with E-state index in [1.54, 1.807) is 5.32 Å². The maximum absolute atomic E-state index is 11.8. The average molecular weight is 280 g/mol. The van der Waals surface area contributed by atoms with Crippen molar-refractivity contribution in [1.82, 2.24) is 0 Å². The number of anilines is 1. The highest BCUT2D eigenvalue weighted by Crippen LogP contribution is 2.10. The van der Waals surface area contributed by atoms with Gasteiger partial charge in [-0.3, -0.25) is 4.79 Å². The molecule has 110 valence electrons. The third kappa shape index (κ3) is 5.38. The Hall–Kier alpha value is -1.92. The topological polar surface area (TPSA) is 113 Å². The second-order valence-electron chi connectivity index (χ2n) is 4.61. The summed E-state index contributed by atoms with van der Waals surface area (Å²) in [4.78, 5) is 22.7. The second-order valence-corrected chi connectivity index (χ2v) is 4.61. The number of quaternary nitrogens is 2. The van der Waals surface area contributed by atoms with Crippen molar-refractivity contribution in [3.63, 3.8) is 0 Å². The summed E-state index contributed by atoms with van der Waals surface area (Å²) in [6, 6.07) is 6.61. The lowest BCUT2D eigenvalue weighted by Gasteiger charge is -2.15. The summed E-state index contributed by atoms with van der Waals surface area (Å²) in [5.74, 6) is -1.56. The first kappa shape index (κ1) is 16.1. The molecule has 0 saturated carbocycles. The predicted octanol–water partition coefficient (Wildman–Crippen LogP) is -2.50. The van der Waals surface area contributed by atoms with Gasteiger partial charge in [0, 0.05) is 5.69 Å². The maximum atomic E-state index is 11.8. The van der Waals surface area contributed by atoms with Crippen LogP contribution in [0.5, 0.6) is 0 Å². The molecular weight excluding hydrogens is 258 g/mol. The Balaban J connectivity index is 2.53. The van der Waals surface area contributed by atoms with E-state index in [1.807, 2.05) is 24.3 Å². The van der Waals surface area contributed by atoms with Gasteiger partial charge in [-0.15, -0.1) is 0 Å². The molecule has 0 saturated heterocycles. The highest BCUT2D eigenvalue weighted by atomic mass is 16.4. The number of benzene rings is 1. The Morgan fingerprint density at radius 3 is 2.50 bits per heavy atom. The molecule has 0 aliphatic rings. The van der Waals surface area contributed by atoms with E-state index in [4.69, 9.17) is 0 Å². The van der Waals surface area contributed by atoms with Crippen LogP contribution in [0.3, 0.4) is 0 Å². The fourth-order valence-corrected chi connectivity index (χ4v) is 1.82. The Morgan fingerprint density at radius 2 is 2.00 bits per heavy atom. The molecule has 6 heteroatoms. The summed E-state index contributed by atoms with van der Waals surface area (Å²) < 4.78 is 0. The van der Waals surface area contributed by atoms with E-state index in [1.165, 1.54) is 5.56 Å². The van der Waals surface area contributed by atoms with Crippen LogP contribution in [0.15, 0.2) is 24.3 Å². The summed E-state index contributed by atoms with van der Waals surface area (Å²) in [5.41, 5.74) is 5.48. The number of carbonyl (C=O) groups excluding carboxylic acids is 2. The van der Waals surface area contributed by atoms with E-state index < -0.39 is 12.0 Å². The molecule has 0 unspecified atom stereocenters. The number of carbonyl (C=O) groups is 2. The van der Waals surface area contributed by atoms with Crippen LogP contribution in [0, 0.1) is 0 Å². The highest BCUT2D eigenvalue weighted by Gasteiger charge is 2.18. The lowest BCUT2D eigenvalue weighted by atomic mass is 10.1. The molecule has 0 heterocycles. The zero-order valence-electron chi connectivity index (χ0n) is 11.7. The van der Waals surface area contributed by atoms with Crippen molar-refractivity contribution in [2.75, 3.05) is 18.4 Å². The van der Waals surface area contributed by atoms with Gasteiger partial charge in [-0.25, -0.2) is 0 Å². The lowest BCUT2D eigenvalue weighted by Crippen LogP contribution is -2.95. The lowest BCUT2D eigenvalue weighted by molar-refractivity contribution is -0.695. The third-order valence-electron chi connectivity index (χ3n) is 3.01. The highest BCUT2D eigenvalue weighted by molar-refractivity contribution is 5.93. The van der Waals surface area contributed by atoms with Crippen LogP contribution in [0.2, 0.25) is 0 Å². The summed E-state index contributed by atoms with van der Waals surface area (Å²) in [7, 11) is 0. The van der Waals surface area contributed by atoms with Gasteiger partial charge in [0.25, 0.3) is 0 Å². The first-order valence-corrected chi connectivity index (χ1v) is 6.79. The van der Waals surface area contributed by atoms with Crippen molar-refractivity contribution in [2.24, 2.45) is 0 Å². The zero-order chi connectivity index (χ0) is 15.0. The van der Waals surface area contributed by atoms with Gasteiger partial charge in [0.05, 0.1) is 12.4 Å². The Bertz CT molecular complexity index is 445. The molecule has 1 aromatic rings. The minimum Gasteiger partial charge on any atom is -0.544 e. The Kier molecular flexibility index (Phi) is 6.69. The monoisotopic (exact) mass is 280 g/mol. The van der Waals surface area contributed by atoms with E-state index in [9.17, 15) is 14.7 Å². The number of hydrogen-bond donors (Lipinski definition) is 3. The van der Waals surface area contributed by atoms with Gasteiger partial charge in [0.2, 0.25) is 5.91 Å². The van der Waals surface area contributed by atoms with E-state index in [2.05, 4.69) is 18.0 Å². The molecule has 1 aromatic carbocycles. The number of rotatable bonds is 8. The minimum atomic E-state index is -1.23. The molecule has 20 heavy (non-hydrogen) atoms. The average Bonchev–Trinajstić information content (AvgIpc) is 2.44. The largest absolute Gasteiger partial charge is 0.544 e. The summed E-state index contributed by atoms with van der Waals surface area (Å²) in [5, 5.41) is 15.2. The van der Waals surface area contributed by atoms with Crippen LogP contribution < -0.4 is 21.5 Å². The molecule has 0 radical (unpaired) electrons. The SMILES string of the molecule is CCc1ccc(NC(=O)C[C@H]([NH2+]CC[NH3+])C(=O)[O-])cc1. The summed E-state index contributed by atoms with van der Waals surface area (Å²) in [6.07, 6.45) is 0.818. The van der Waals surface area contributed by atoms with Gasteiger partial charge >= 0.3 is 0 Å². The second kappa shape index (κ2) is 8.29. The number of carboxylic acids is 1. The number of nitrogens with one attached hydrogen (secondary N) is 1. The zero-order valence-corrected chi connectivity index (χ0v) is 11.7. The standard InChI is InChI=1S/C14H21N3O3/c1-2-10-3-5-11(6-4-10)17-13(18)9-12(14(19)20)16-8-7-15/h3-6,12,16H,2,7-9,15H2,1H3,(H,17,18)(H,19,20)/p+1/t12-/m0/s1. The maximum Gasteiger partial charge on any atom is 0.230 e. The van der Waals surface area contributed by atoms with Crippen LogP contribution in [0.4, 0.5) is 5.69 Å². The Morgan fingerprint density at radius 1 is 1.35 bits per heavy atom. The summed E-state index contributed by atoms with van der Waals surface area (Å²) >= 11 is 0. The van der Waals surface area contributed by atoms with Crippen LogP contribution in [-0.4, -0.2) is 31.0 Å². The number of nitrogens with two attached hydrogens (primary N) is 1. The first-order valence-electron chi connectivity index (χ1n) is 6.79. The molecule has 0 spiro atoms. The number of carboxylic acid groups (broad SMARTS) is 1. The first-order chi connectivity index (χ1) is 9.56. The Labute approximate surface area is 118 Å². The molecule has 0 aliphatic carbocycles. The molecule has 1 amide bonds. The van der Waals surface area contributed by atoms with Crippen molar-refractivity contribution in [3.05, 3.63) is 29.8 Å². The number of hydrogen-bond acceptors (Lipinski definition) is 3. The molecule has 0 aromatic heterocycles. The van der Waals surface area contributed by atoms with Crippen molar-refractivity contribution in [2.45, 2.75) is 25.8 Å². The van der Waals surface area contributed by atoms with Gasteiger partial charge in [-0.1, -0.05) is 19.1 Å². The number of aliphatic carboxylic acids is 1. The van der Waals surface area contributed by atoms with Gasteiger partial charge in [-0.2, -0.15) is 0 Å². The third-order valence-corrected chi connectivity index (χ3v) is 3.01. The van der Waals surface area contributed by atoms with Gasteiger partial charge in [0.15, 0.2) is 0 Å². The van der Waals surface area contributed by atoms with E-state index in [-0.39, 0.29) is 12.3 Å². The predicted molar refractivity (Wildman–Crippen MR) is 72.4 cm³/mol. The molecule has 6 nitrogen and oxygen atoms in total.